The van der Waals surface area contributed by atoms with Gasteiger partial charge in [0.15, 0.2) is 0 Å². The van der Waals surface area contributed by atoms with Crippen LogP contribution in [0.3, 0.4) is 0 Å². The summed E-state index contributed by atoms with van der Waals surface area (Å²) in [6.07, 6.45) is 34.1. The molecule has 22 aromatic rings. The summed E-state index contributed by atoms with van der Waals surface area (Å²) in [6.45, 7) is 0. The Labute approximate surface area is 627 Å². The predicted octanol–water partition coefficient (Wildman–Crippen LogP) is 20.7. The van der Waals surface area contributed by atoms with Gasteiger partial charge in [0, 0.05) is 124 Å². The van der Waals surface area contributed by atoms with Gasteiger partial charge in [-0.2, -0.15) is 0 Å². The maximum atomic E-state index is 4.56. The molecule has 17 heteroatoms. The van der Waals surface area contributed by atoms with Crippen molar-refractivity contribution in [3.05, 3.63) is 422 Å². The molecule has 522 valence electrons. The Hall–Kier alpha value is -15.4. The van der Waals surface area contributed by atoms with Crippen molar-refractivity contribution >= 4 is 119 Å². The van der Waals surface area contributed by atoms with Gasteiger partial charge in [-0.1, -0.05) is 212 Å². The molecule has 0 saturated heterocycles. The van der Waals surface area contributed by atoms with Gasteiger partial charge in [-0.15, -0.1) is 10.2 Å². The van der Waals surface area contributed by atoms with E-state index in [0.29, 0.717) is 0 Å². The van der Waals surface area contributed by atoms with Gasteiger partial charge in [-0.3, -0.25) is 39.5 Å². The molecule has 0 N–H and O–H groups in total. The summed E-state index contributed by atoms with van der Waals surface area (Å²) in [5, 5.41) is 28.5. The Bertz CT molecular complexity index is 5010. The van der Waals surface area contributed by atoms with Crippen LogP contribution in [0.25, 0.3) is 125 Å². The first-order valence-electron chi connectivity index (χ1n) is 34.8. The van der Waals surface area contributed by atoms with E-state index < -0.39 is 0 Å². The van der Waals surface area contributed by atoms with Gasteiger partial charge >= 0.3 is 0 Å². The van der Waals surface area contributed by atoms with Crippen LogP contribution in [-0.2, 0) is 0 Å². The molecule has 11 aromatic heterocycles. The molecule has 11 heterocycles. The molecule has 0 unspecified atom stereocenters. The van der Waals surface area contributed by atoms with Crippen LogP contribution < -0.4 is 0 Å². The minimum atomic E-state index is 0.979. The summed E-state index contributed by atoms with van der Waals surface area (Å²) in [7, 11) is 0. The molecule has 0 fully saturated rings. The van der Waals surface area contributed by atoms with Crippen LogP contribution in [0.5, 0.6) is 0 Å². The van der Waals surface area contributed by atoms with Gasteiger partial charge in [-0.05, 0) is 139 Å². The summed E-state index contributed by atoms with van der Waals surface area (Å²) in [4.78, 5) is 55.6. The fraction of sp³-hybridized carbons (Fsp3) is 0. The van der Waals surface area contributed by atoms with E-state index in [9.17, 15) is 0 Å². The van der Waals surface area contributed by atoms with Gasteiger partial charge in [-0.25, -0.2) is 34.9 Å². The van der Waals surface area contributed by atoms with E-state index in [1.54, 1.807) is 62.2 Å². The Balaban J connectivity index is 0.000000110. The van der Waals surface area contributed by atoms with E-state index in [4.69, 9.17) is 0 Å². The van der Waals surface area contributed by atoms with Crippen molar-refractivity contribution in [2.75, 3.05) is 0 Å². The smallest absolute Gasteiger partial charge is 0.123 e. The van der Waals surface area contributed by atoms with E-state index in [2.05, 4.69) is 238 Å². The topological polar surface area (TPSA) is 211 Å². The van der Waals surface area contributed by atoms with Crippen LogP contribution in [0, 0.1) is 0 Å². The predicted molar refractivity (Wildman–Crippen MR) is 441 cm³/mol. The summed E-state index contributed by atoms with van der Waals surface area (Å²) in [5.74, 6) is 0. The molecule has 17 nitrogen and oxygen atoms in total. The third-order valence-electron chi connectivity index (χ3n) is 16.8. The fourth-order valence-electron chi connectivity index (χ4n) is 12.0. The van der Waals surface area contributed by atoms with Crippen LogP contribution in [0.15, 0.2) is 422 Å². The van der Waals surface area contributed by atoms with Crippen molar-refractivity contribution in [2.24, 2.45) is 0 Å². The van der Waals surface area contributed by atoms with E-state index in [-0.39, 0.29) is 0 Å². The van der Waals surface area contributed by atoms with Gasteiger partial charge in [0.05, 0.1) is 27.6 Å². The molecular formula is C92H69N17. The van der Waals surface area contributed by atoms with Crippen LogP contribution in [0.2, 0.25) is 0 Å². The second-order valence-corrected chi connectivity index (χ2v) is 23.6. The number of benzene rings is 11. The van der Waals surface area contributed by atoms with Gasteiger partial charge in [0.25, 0.3) is 0 Å². The monoisotopic (exact) mass is 1410 g/mol. The van der Waals surface area contributed by atoms with Gasteiger partial charge in [0.1, 0.15) is 44.3 Å². The van der Waals surface area contributed by atoms with Crippen LogP contribution in [-0.4, -0.2) is 84.5 Å². The Morgan fingerprint density at radius 1 is 0.174 bits per heavy atom. The third kappa shape index (κ3) is 19.3. The van der Waals surface area contributed by atoms with Crippen molar-refractivity contribution in [3.8, 4) is 5.69 Å². The minimum Gasteiger partial charge on any atom is -0.288 e. The zero-order valence-corrected chi connectivity index (χ0v) is 58.9. The zero-order valence-electron chi connectivity index (χ0n) is 58.9. The van der Waals surface area contributed by atoms with E-state index in [0.717, 1.165) is 38.7 Å². The van der Waals surface area contributed by atoms with Gasteiger partial charge < -0.3 is 0 Å². The molecule has 0 aliphatic heterocycles. The number of aromatic nitrogens is 17. The maximum absolute atomic E-state index is 4.56. The lowest BCUT2D eigenvalue weighted by atomic mass is 9.96. The molecule has 109 heavy (non-hydrogen) atoms. The largest absolute Gasteiger partial charge is 0.288 e. The van der Waals surface area contributed by atoms with Gasteiger partial charge in [0.2, 0.25) is 0 Å². The minimum absolute atomic E-state index is 0.979. The molecule has 0 aliphatic rings. The highest BCUT2D eigenvalue weighted by Gasteiger charge is 2.11. The number of fused-ring (bicyclic) bond motifs is 20. The molecule has 22 rings (SSSR count). The normalized spacial score (nSPS) is 10.2. The second-order valence-electron chi connectivity index (χ2n) is 23.6. The number of rotatable bonds is 1. The van der Waals surface area contributed by atoms with E-state index >= 15 is 0 Å². The Morgan fingerprint density at radius 2 is 0.514 bits per heavy atom. The summed E-state index contributed by atoms with van der Waals surface area (Å²) in [5.41, 5.74) is 6.19. The lowest BCUT2D eigenvalue weighted by Crippen LogP contribution is -1.87. The second kappa shape index (κ2) is 38.8. The molecule has 0 amide bonds. The quantitative estimate of drug-likeness (QED) is 0.140. The first-order valence-corrected chi connectivity index (χ1v) is 34.8. The molecule has 0 bridgehead atoms. The fourth-order valence-corrected chi connectivity index (χ4v) is 12.0. The molecule has 0 atom stereocenters. The van der Waals surface area contributed by atoms with Crippen molar-refractivity contribution in [1.82, 2.24) is 84.5 Å². The molecule has 0 spiro atoms. The standard InChI is InChI=1S/2C17H11N.C16H10N2.C9H7N.C8H7N3.C8H6N2.2C5H5N.C4H4N2.C3H3N3/c1-2-7-14-12(6-1)13-8-3-4-9-15(13)17-16(14)10-5-11-18-17;1-2-7-14-12(5-1)13-6-3-4-8-15(13)17-11-18-10-9-16(14)17;1-2-6-12-11(5-1)13-7-3-9-17-15(13)16-14(12)8-4-10-18-16;1-2-6-9-8(4-1)5-3-7-10-9;1-2-4-8(5-3-1)11-6-9-10-7-11;1-2-4-8-7(3-1)5-9-6-10-8;2*1-2-4-6-5-3-1;1-2-5-4-6-3-1;1-4-2-6-3-5-1/h2*1-11H;1-10H;1-7H;1-7H;1-6H;2*1-5H;1-4H;1-3H. The Morgan fingerprint density at radius 3 is 0.936 bits per heavy atom. The number of para-hydroxylation sites is 3. The highest BCUT2D eigenvalue weighted by atomic mass is 15.2. The van der Waals surface area contributed by atoms with Crippen LogP contribution in [0.1, 0.15) is 0 Å². The number of hydrogen-bond donors (Lipinski definition) is 0. The average Bonchev–Trinajstić information content (AvgIpc) is 1.14. The highest BCUT2D eigenvalue weighted by Crippen LogP contribution is 2.36. The van der Waals surface area contributed by atoms with Crippen molar-refractivity contribution in [2.45, 2.75) is 0 Å². The molecule has 0 radical (unpaired) electrons. The van der Waals surface area contributed by atoms with Crippen molar-refractivity contribution < 1.29 is 0 Å². The molecule has 0 saturated carbocycles. The highest BCUT2D eigenvalue weighted by molar-refractivity contribution is 6.26. The van der Waals surface area contributed by atoms with Crippen molar-refractivity contribution in [1.29, 1.82) is 0 Å². The summed E-state index contributed by atoms with van der Waals surface area (Å²) >= 11 is 0. The average molecular weight is 1410 g/mol. The third-order valence-corrected chi connectivity index (χ3v) is 16.8. The van der Waals surface area contributed by atoms with Crippen LogP contribution >= 0.6 is 0 Å². The molecule has 0 aliphatic carbocycles. The lowest BCUT2D eigenvalue weighted by molar-refractivity contribution is 1.05. The van der Waals surface area contributed by atoms with Crippen molar-refractivity contribution in [3.63, 3.8) is 0 Å². The van der Waals surface area contributed by atoms with E-state index in [1.807, 2.05) is 181 Å². The SMILES string of the molecule is c1ccc(-n2cnnc2)cc1.c1ccc2c(c1)c1ccccc1c1cnccc21.c1ccc2c(c1)c1ccccc1c1ncccc21.c1ccc2c(c1)c1cccnc1c1ncccc21.c1ccc2ncccc2c1.c1ccc2ncncc2c1.c1ccncc1.c1ccncc1.c1cncnc1.c1ncncn1. The lowest BCUT2D eigenvalue weighted by Gasteiger charge is -2.09. The zero-order chi connectivity index (χ0) is 74.0. The first kappa shape index (κ1) is 72.0. The van der Waals surface area contributed by atoms with Crippen LogP contribution in [0.4, 0.5) is 0 Å². The summed E-state index contributed by atoms with van der Waals surface area (Å²) < 4.78 is 1.86. The first-order chi connectivity index (χ1) is 54.2. The molecule has 11 aromatic carbocycles. The van der Waals surface area contributed by atoms with E-state index in [1.165, 1.54) is 111 Å². The number of pyridine rings is 7. The number of nitrogens with zero attached hydrogens (tertiary/aromatic N) is 17. The number of hydrogen-bond acceptors (Lipinski definition) is 16. The maximum Gasteiger partial charge on any atom is 0.123 e. The summed E-state index contributed by atoms with van der Waals surface area (Å²) in [6, 6.07) is 100. The Kier molecular flexibility index (Phi) is 25.6. The molecular weight excluding hydrogens is 1340 g/mol.